The zero-order chi connectivity index (χ0) is 12.7. The largest absolute Gasteiger partial charge is 0.338 e. The third-order valence-electron chi connectivity index (χ3n) is 3.25. The summed E-state index contributed by atoms with van der Waals surface area (Å²) in [7, 11) is 0. The van der Waals surface area contributed by atoms with Crippen molar-refractivity contribution >= 4 is 21.9 Å². The van der Waals surface area contributed by atoms with Crippen LogP contribution in [-0.2, 0) is 0 Å². The number of benzene rings is 2. The fourth-order valence-electron chi connectivity index (χ4n) is 2.29. The SMILES string of the molecule is c1ccc2ncc(-c3nc4ccccc4[nH]3)cc2c1. The van der Waals surface area contributed by atoms with Gasteiger partial charge in [-0.05, 0) is 24.3 Å². The molecule has 1 N–H and O–H groups in total. The lowest BCUT2D eigenvalue weighted by molar-refractivity contribution is 1.31. The summed E-state index contributed by atoms with van der Waals surface area (Å²) in [5, 5.41) is 1.13. The summed E-state index contributed by atoms with van der Waals surface area (Å²) in [6.45, 7) is 0. The number of aromatic amines is 1. The molecule has 90 valence electrons. The third-order valence-corrected chi connectivity index (χ3v) is 3.25. The van der Waals surface area contributed by atoms with E-state index >= 15 is 0 Å². The summed E-state index contributed by atoms with van der Waals surface area (Å²) in [5.41, 5.74) is 4.04. The fourth-order valence-corrected chi connectivity index (χ4v) is 2.29. The van der Waals surface area contributed by atoms with Crippen LogP contribution >= 0.6 is 0 Å². The Morgan fingerprint density at radius 1 is 0.842 bits per heavy atom. The number of hydrogen-bond acceptors (Lipinski definition) is 2. The minimum atomic E-state index is 0.861. The molecule has 0 unspecified atom stereocenters. The van der Waals surface area contributed by atoms with Crippen LogP contribution < -0.4 is 0 Å². The average molecular weight is 245 g/mol. The van der Waals surface area contributed by atoms with Crippen LogP contribution in [0.15, 0.2) is 60.8 Å². The van der Waals surface area contributed by atoms with Gasteiger partial charge in [-0.3, -0.25) is 4.98 Å². The fraction of sp³-hybridized carbons (Fsp3) is 0. The maximum atomic E-state index is 4.59. The molecule has 0 atom stereocenters. The molecule has 19 heavy (non-hydrogen) atoms. The van der Waals surface area contributed by atoms with Gasteiger partial charge in [0, 0.05) is 17.1 Å². The Labute approximate surface area is 110 Å². The molecular formula is C16H11N3. The van der Waals surface area contributed by atoms with Crippen molar-refractivity contribution in [3.8, 4) is 11.4 Å². The molecule has 0 amide bonds. The Balaban J connectivity index is 1.93. The van der Waals surface area contributed by atoms with Gasteiger partial charge in [0.25, 0.3) is 0 Å². The summed E-state index contributed by atoms with van der Waals surface area (Å²) in [5.74, 6) is 0.861. The molecular weight excluding hydrogens is 234 g/mol. The van der Waals surface area contributed by atoms with E-state index in [9.17, 15) is 0 Å². The molecule has 0 spiro atoms. The lowest BCUT2D eigenvalue weighted by Gasteiger charge is -1.99. The van der Waals surface area contributed by atoms with E-state index in [-0.39, 0.29) is 0 Å². The van der Waals surface area contributed by atoms with Gasteiger partial charge in [-0.1, -0.05) is 30.3 Å². The van der Waals surface area contributed by atoms with Gasteiger partial charge in [0.1, 0.15) is 5.82 Å². The van der Waals surface area contributed by atoms with E-state index < -0.39 is 0 Å². The number of rotatable bonds is 1. The molecule has 4 aromatic rings. The molecule has 4 rings (SSSR count). The van der Waals surface area contributed by atoms with Crippen molar-refractivity contribution in [1.82, 2.24) is 15.0 Å². The average Bonchev–Trinajstić information content (AvgIpc) is 2.90. The molecule has 2 heterocycles. The number of pyridine rings is 1. The van der Waals surface area contributed by atoms with Gasteiger partial charge in [-0.15, -0.1) is 0 Å². The highest BCUT2D eigenvalue weighted by atomic mass is 14.9. The Morgan fingerprint density at radius 2 is 1.63 bits per heavy atom. The maximum Gasteiger partial charge on any atom is 0.140 e. The summed E-state index contributed by atoms with van der Waals surface area (Å²) in [6, 6.07) is 18.2. The number of para-hydroxylation sites is 3. The van der Waals surface area contributed by atoms with E-state index in [0.29, 0.717) is 0 Å². The van der Waals surface area contributed by atoms with E-state index in [1.807, 2.05) is 48.7 Å². The number of aromatic nitrogens is 3. The quantitative estimate of drug-likeness (QED) is 0.554. The Kier molecular flexibility index (Phi) is 2.12. The van der Waals surface area contributed by atoms with Crippen molar-refractivity contribution in [3.63, 3.8) is 0 Å². The van der Waals surface area contributed by atoms with E-state index in [2.05, 4.69) is 27.1 Å². The molecule has 0 aliphatic heterocycles. The van der Waals surface area contributed by atoms with Crippen LogP contribution in [0.4, 0.5) is 0 Å². The molecule has 2 aromatic heterocycles. The van der Waals surface area contributed by atoms with Gasteiger partial charge in [0.2, 0.25) is 0 Å². The van der Waals surface area contributed by atoms with E-state index in [4.69, 9.17) is 0 Å². The number of nitrogens with one attached hydrogen (secondary N) is 1. The van der Waals surface area contributed by atoms with E-state index in [1.165, 1.54) is 0 Å². The summed E-state index contributed by atoms with van der Waals surface area (Å²) in [4.78, 5) is 12.4. The van der Waals surface area contributed by atoms with E-state index in [0.717, 1.165) is 33.3 Å². The molecule has 0 fully saturated rings. The smallest absolute Gasteiger partial charge is 0.140 e. The van der Waals surface area contributed by atoms with Crippen LogP contribution in [0.25, 0.3) is 33.3 Å². The molecule has 3 heteroatoms. The van der Waals surface area contributed by atoms with Crippen molar-refractivity contribution in [3.05, 3.63) is 60.8 Å². The minimum absolute atomic E-state index is 0.861. The number of nitrogens with zero attached hydrogens (tertiary/aromatic N) is 2. The van der Waals surface area contributed by atoms with Crippen LogP contribution in [0.3, 0.4) is 0 Å². The molecule has 0 radical (unpaired) electrons. The highest BCUT2D eigenvalue weighted by molar-refractivity contribution is 5.84. The van der Waals surface area contributed by atoms with Gasteiger partial charge in [0.15, 0.2) is 0 Å². The monoisotopic (exact) mass is 245 g/mol. The van der Waals surface area contributed by atoms with Crippen LogP contribution in [-0.4, -0.2) is 15.0 Å². The second kappa shape index (κ2) is 3.92. The molecule has 0 bridgehead atoms. The Morgan fingerprint density at radius 3 is 2.53 bits per heavy atom. The van der Waals surface area contributed by atoms with Gasteiger partial charge >= 0.3 is 0 Å². The van der Waals surface area contributed by atoms with Crippen molar-refractivity contribution < 1.29 is 0 Å². The highest BCUT2D eigenvalue weighted by Crippen LogP contribution is 2.22. The lowest BCUT2D eigenvalue weighted by atomic mass is 10.1. The van der Waals surface area contributed by atoms with Crippen molar-refractivity contribution in [2.24, 2.45) is 0 Å². The summed E-state index contributed by atoms with van der Waals surface area (Å²) >= 11 is 0. The van der Waals surface area contributed by atoms with Crippen molar-refractivity contribution in [2.45, 2.75) is 0 Å². The topological polar surface area (TPSA) is 41.6 Å². The molecule has 0 saturated heterocycles. The molecule has 0 aliphatic carbocycles. The predicted octanol–water partition coefficient (Wildman–Crippen LogP) is 3.78. The lowest BCUT2D eigenvalue weighted by Crippen LogP contribution is -1.84. The van der Waals surface area contributed by atoms with Crippen molar-refractivity contribution in [2.75, 3.05) is 0 Å². The van der Waals surface area contributed by atoms with Crippen LogP contribution in [0.1, 0.15) is 0 Å². The zero-order valence-corrected chi connectivity index (χ0v) is 10.2. The third kappa shape index (κ3) is 1.67. The standard InChI is InChI=1S/C16H11N3/c1-2-6-13-11(5-1)9-12(10-17-13)16-18-14-7-3-4-8-15(14)19-16/h1-10H,(H,18,19). The number of imidazole rings is 1. The van der Waals surface area contributed by atoms with Gasteiger partial charge in [-0.25, -0.2) is 4.98 Å². The zero-order valence-electron chi connectivity index (χ0n) is 10.2. The van der Waals surface area contributed by atoms with Crippen LogP contribution in [0.2, 0.25) is 0 Å². The first kappa shape index (κ1) is 10.3. The first-order chi connectivity index (χ1) is 9.40. The highest BCUT2D eigenvalue weighted by Gasteiger charge is 2.05. The minimum Gasteiger partial charge on any atom is -0.338 e. The first-order valence-corrected chi connectivity index (χ1v) is 6.20. The first-order valence-electron chi connectivity index (χ1n) is 6.20. The predicted molar refractivity (Wildman–Crippen MR) is 76.8 cm³/mol. The number of fused-ring (bicyclic) bond motifs is 2. The van der Waals surface area contributed by atoms with Crippen molar-refractivity contribution in [1.29, 1.82) is 0 Å². The van der Waals surface area contributed by atoms with Gasteiger partial charge < -0.3 is 4.98 Å². The van der Waals surface area contributed by atoms with Gasteiger partial charge in [-0.2, -0.15) is 0 Å². The second-order valence-electron chi connectivity index (χ2n) is 4.52. The normalized spacial score (nSPS) is 11.2. The molecule has 0 saturated carbocycles. The Bertz CT molecular complexity index is 844. The van der Waals surface area contributed by atoms with E-state index in [1.54, 1.807) is 0 Å². The van der Waals surface area contributed by atoms with Gasteiger partial charge in [0.05, 0.1) is 16.6 Å². The van der Waals surface area contributed by atoms with Crippen LogP contribution in [0.5, 0.6) is 0 Å². The Hall–Kier alpha value is -2.68. The summed E-state index contributed by atoms with van der Waals surface area (Å²) in [6.07, 6.45) is 1.86. The second-order valence-corrected chi connectivity index (χ2v) is 4.52. The summed E-state index contributed by atoms with van der Waals surface area (Å²) < 4.78 is 0. The number of H-pyrrole nitrogens is 1. The molecule has 2 aromatic carbocycles. The molecule has 0 aliphatic rings. The maximum absolute atomic E-state index is 4.59. The molecule has 3 nitrogen and oxygen atoms in total. The number of hydrogen-bond donors (Lipinski definition) is 1. The van der Waals surface area contributed by atoms with Crippen LogP contribution in [0, 0.1) is 0 Å².